The van der Waals surface area contributed by atoms with Gasteiger partial charge in [-0.15, -0.1) is 0 Å². The lowest BCUT2D eigenvalue weighted by Crippen LogP contribution is -2.28. The molecule has 0 saturated heterocycles. The molecule has 0 unspecified atom stereocenters. The van der Waals surface area contributed by atoms with Gasteiger partial charge in [0.15, 0.2) is 0 Å². The highest BCUT2D eigenvalue weighted by Gasteiger charge is 2.06. The first-order valence-corrected chi connectivity index (χ1v) is 4.80. The Kier molecular flexibility index (Phi) is 4.32. The van der Waals surface area contributed by atoms with E-state index in [1.165, 1.54) is 6.07 Å². The van der Waals surface area contributed by atoms with Gasteiger partial charge in [-0.2, -0.15) is 0 Å². The lowest BCUT2D eigenvalue weighted by Gasteiger charge is -2.11. The Hall–Kier alpha value is -0.640. The van der Waals surface area contributed by atoms with Crippen LogP contribution < -0.4 is 5.32 Å². The Morgan fingerprint density at radius 2 is 2.29 bits per heavy atom. The van der Waals surface area contributed by atoms with Crippen molar-refractivity contribution in [1.82, 2.24) is 5.32 Å². The van der Waals surface area contributed by atoms with E-state index in [0.717, 1.165) is 0 Å². The molecule has 1 aromatic rings. The van der Waals surface area contributed by atoms with Gasteiger partial charge < -0.3 is 10.4 Å². The van der Waals surface area contributed by atoms with Crippen molar-refractivity contribution >= 4 is 11.6 Å². The molecule has 0 aromatic heterocycles. The maximum absolute atomic E-state index is 13.3. The van der Waals surface area contributed by atoms with E-state index >= 15 is 0 Å². The third kappa shape index (κ3) is 2.94. The summed E-state index contributed by atoms with van der Waals surface area (Å²) in [6.45, 7) is 2.22. The van der Waals surface area contributed by atoms with Crippen LogP contribution in [0, 0.1) is 5.82 Å². The number of halogens is 2. The van der Waals surface area contributed by atoms with Crippen molar-refractivity contribution in [1.29, 1.82) is 0 Å². The molecule has 78 valence electrons. The van der Waals surface area contributed by atoms with Crippen molar-refractivity contribution in [3.63, 3.8) is 0 Å². The summed E-state index contributed by atoms with van der Waals surface area (Å²) in [6, 6.07) is 4.83. The molecule has 0 fully saturated rings. The molecule has 0 radical (unpaired) electrons. The van der Waals surface area contributed by atoms with Crippen molar-refractivity contribution in [3.8, 4) is 0 Å². The van der Waals surface area contributed by atoms with Crippen LogP contribution in [-0.2, 0) is 6.54 Å². The van der Waals surface area contributed by atoms with Gasteiger partial charge in [0.05, 0.1) is 11.6 Å². The van der Waals surface area contributed by atoms with E-state index in [4.69, 9.17) is 16.7 Å². The Balaban J connectivity index is 2.63. The molecule has 1 rings (SSSR count). The minimum atomic E-state index is -0.396. The highest BCUT2D eigenvalue weighted by atomic mass is 35.5. The number of rotatable bonds is 4. The van der Waals surface area contributed by atoms with Crippen molar-refractivity contribution in [2.45, 2.75) is 19.5 Å². The van der Waals surface area contributed by atoms with E-state index < -0.39 is 5.82 Å². The maximum atomic E-state index is 13.3. The van der Waals surface area contributed by atoms with Crippen molar-refractivity contribution in [2.24, 2.45) is 0 Å². The summed E-state index contributed by atoms with van der Waals surface area (Å²) >= 11 is 5.61. The second-order valence-corrected chi connectivity index (χ2v) is 3.58. The summed E-state index contributed by atoms with van der Waals surface area (Å²) in [7, 11) is 0. The van der Waals surface area contributed by atoms with Gasteiger partial charge in [0.1, 0.15) is 5.82 Å². The van der Waals surface area contributed by atoms with Crippen LogP contribution in [0.4, 0.5) is 4.39 Å². The fourth-order valence-electron chi connectivity index (χ4n) is 1.03. The molecule has 0 bridgehead atoms. The number of hydrogen-bond donors (Lipinski definition) is 2. The summed E-state index contributed by atoms with van der Waals surface area (Å²) in [5, 5.41) is 11.8. The molecule has 2 nitrogen and oxygen atoms in total. The Bertz CT molecular complexity index is 306. The van der Waals surface area contributed by atoms with E-state index in [2.05, 4.69) is 5.32 Å². The maximum Gasteiger partial charge on any atom is 0.146 e. The van der Waals surface area contributed by atoms with Crippen molar-refractivity contribution in [3.05, 3.63) is 34.6 Å². The van der Waals surface area contributed by atoms with Crippen molar-refractivity contribution in [2.75, 3.05) is 6.61 Å². The molecule has 14 heavy (non-hydrogen) atoms. The smallest absolute Gasteiger partial charge is 0.146 e. The highest BCUT2D eigenvalue weighted by molar-refractivity contribution is 6.30. The zero-order valence-electron chi connectivity index (χ0n) is 7.93. The molecule has 0 aliphatic rings. The normalized spacial score (nSPS) is 12.9. The molecule has 0 aliphatic carbocycles. The zero-order valence-corrected chi connectivity index (χ0v) is 8.68. The zero-order chi connectivity index (χ0) is 10.6. The van der Waals surface area contributed by atoms with Crippen LogP contribution in [0.15, 0.2) is 18.2 Å². The fraction of sp³-hybridized carbons (Fsp3) is 0.400. The Morgan fingerprint density at radius 1 is 1.57 bits per heavy atom. The number of aliphatic hydroxyl groups excluding tert-OH is 1. The molecular weight excluding hydrogens is 205 g/mol. The topological polar surface area (TPSA) is 32.3 Å². The van der Waals surface area contributed by atoms with Crippen molar-refractivity contribution < 1.29 is 9.50 Å². The van der Waals surface area contributed by atoms with Gasteiger partial charge in [-0.3, -0.25) is 0 Å². The summed E-state index contributed by atoms with van der Waals surface area (Å²) < 4.78 is 13.3. The van der Waals surface area contributed by atoms with Crippen LogP contribution in [0.25, 0.3) is 0 Å². The lowest BCUT2D eigenvalue weighted by atomic mass is 10.2. The van der Waals surface area contributed by atoms with Gasteiger partial charge in [0.2, 0.25) is 0 Å². The monoisotopic (exact) mass is 217 g/mol. The SMILES string of the molecule is C[C@@H](CO)NCc1cccc(Cl)c1F. The van der Waals surface area contributed by atoms with Gasteiger partial charge in [0, 0.05) is 18.2 Å². The highest BCUT2D eigenvalue weighted by Crippen LogP contribution is 2.17. The van der Waals surface area contributed by atoms with Gasteiger partial charge in [-0.25, -0.2) is 4.39 Å². The van der Waals surface area contributed by atoms with E-state index in [1.807, 2.05) is 6.92 Å². The number of benzene rings is 1. The van der Waals surface area contributed by atoms with Gasteiger partial charge in [-0.1, -0.05) is 23.7 Å². The molecule has 1 aromatic carbocycles. The minimum absolute atomic E-state index is 0.0299. The number of aliphatic hydroxyl groups is 1. The standard InChI is InChI=1S/C10H13ClFNO/c1-7(6-14)13-5-8-3-2-4-9(11)10(8)12/h2-4,7,13-14H,5-6H2,1H3/t7-/m0/s1. The van der Waals surface area contributed by atoms with Crippen LogP contribution in [-0.4, -0.2) is 17.8 Å². The second kappa shape index (κ2) is 5.29. The average Bonchev–Trinajstić information content (AvgIpc) is 2.20. The predicted octanol–water partition coefficient (Wildman–Crippen LogP) is 1.95. The van der Waals surface area contributed by atoms with E-state index in [9.17, 15) is 4.39 Å². The fourth-order valence-corrected chi connectivity index (χ4v) is 1.23. The molecular formula is C10H13ClFNO. The lowest BCUT2D eigenvalue weighted by molar-refractivity contribution is 0.250. The Labute approximate surface area is 87.7 Å². The third-order valence-corrected chi connectivity index (χ3v) is 2.24. The molecule has 2 N–H and O–H groups in total. The number of hydrogen-bond acceptors (Lipinski definition) is 2. The molecule has 0 heterocycles. The van der Waals surface area contributed by atoms with Crippen LogP contribution in [0.3, 0.4) is 0 Å². The summed E-state index contributed by atoms with van der Waals surface area (Å²) in [4.78, 5) is 0. The van der Waals surface area contributed by atoms with Crippen LogP contribution >= 0.6 is 11.6 Å². The molecule has 0 amide bonds. The average molecular weight is 218 g/mol. The number of nitrogens with one attached hydrogen (secondary N) is 1. The second-order valence-electron chi connectivity index (χ2n) is 3.18. The molecule has 0 saturated carbocycles. The quantitative estimate of drug-likeness (QED) is 0.808. The van der Waals surface area contributed by atoms with E-state index in [0.29, 0.717) is 12.1 Å². The first-order chi connectivity index (χ1) is 6.65. The van der Waals surface area contributed by atoms with E-state index in [-0.39, 0.29) is 17.7 Å². The summed E-state index contributed by atoms with van der Waals surface area (Å²) in [6.07, 6.45) is 0. The summed E-state index contributed by atoms with van der Waals surface area (Å²) in [5.74, 6) is -0.396. The Morgan fingerprint density at radius 3 is 2.93 bits per heavy atom. The van der Waals surface area contributed by atoms with Crippen LogP contribution in [0.2, 0.25) is 5.02 Å². The van der Waals surface area contributed by atoms with Gasteiger partial charge in [0.25, 0.3) is 0 Å². The first kappa shape index (κ1) is 11.4. The van der Waals surface area contributed by atoms with Gasteiger partial charge in [-0.05, 0) is 13.0 Å². The first-order valence-electron chi connectivity index (χ1n) is 4.42. The van der Waals surface area contributed by atoms with E-state index in [1.54, 1.807) is 12.1 Å². The minimum Gasteiger partial charge on any atom is -0.395 e. The molecule has 4 heteroatoms. The molecule has 0 spiro atoms. The van der Waals surface area contributed by atoms with Crippen LogP contribution in [0.1, 0.15) is 12.5 Å². The third-order valence-electron chi connectivity index (χ3n) is 1.95. The summed E-state index contributed by atoms with van der Waals surface area (Å²) in [5.41, 5.74) is 0.512. The molecule has 1 atom stereocenters. The molecule has 0 aliphatic heterocycles. The predicted molar refractivity (Wildman–Crippen MR) is 54.8 cm³/mol. The largest absolute Gasteiger partial charge is 0.395 e. The van der Waals surface area contributed by atoms with Crippen LogP contribution in [0.5, 0.6) is 0 Å². The van der Waals surface area contributed by atoms with Gasteiger partial charge >= 0.3 is 0 Å².